The Kier molecular flexibility index (Phi) is 8.32. The van der Waals surface area contributed by atoms with Crippen molar-refractivity contribution in [3.05, 3.63) is 37.6 Å². The summed E-state index contributed by atoms with van der Waals surface area (Å²) in [6, 6.07) is 0. The third kappa shape index (κ3) is 3.39. The van der Waals surface area contributed by atoms with Gasteiger partial charge >= 0.3 is 19.5 Å². The zero-order valence-electron chi connectivity index (χ0n) is 9.83. The van der Waals surface area contributed by atoms with Crippen molar-refractivity contribution >= 4 is 0 Å². The van der Waals surface area contributed by atoms with Crippen molar-refractivity contribution in [2.75, 3.05) is 0 Å². The van der Waals surface area contributed by atoms with Crippen LogP contribution in [0.15, 0.2) is 16.7 Å². The minimum Gasteiger partial charge on any atom is -0.358 e. The normalized spacial score (nSPS) is 18.1. The summed E-state index contributed by atoms with van der Waals surface area (Å²) in [4.78, 5) is 0. The van der Waals surface area contributed by atoms with Crippen molar-refractivity contribution in [2.45, 2.75) is 34.6 Å². The molecule has 0 fully saturated rings. The number of allylic oxidation sites excluding steroid dienone is 4. The molecule has 0 unspecified atom stereocenters. The Hall–Kier alpha value is 0.103. The fourth-order valence-electron chi connectivity index (χ4n) is 1.41. The first-order valence-electron chi connectivity index (χ1n) is 3.75. The Balaban J connectivity index is -0.000000333. The molecule has 0 aromatic rings. The Morgan fingerprint density at radius 1 is 1.00 bits per heavy atom. The van der Waals surface area contributed by atoms with Gasteiger partial charge in [-0.05, 0) is 0 Å². The molecule has 0 nitrogen and oxygen atoms in total. The van der Waals surface area contributed by atoms with Crippen LogP contribution in [0.4, 0.5) is 0 Å². The maximum atomic E-state index is 3.44. The standard InChI is InChI=1S/C10H15.2CH3.Rh/c1-7-6-10(4,5)9(3)8(7)2;;;/h1-5H3;2*1H3;/q3*-1;+3. The molecular weight excluding hydrogens is 247 g/mol. The molecule has 0 aromatic heterocycles. The topological polar surface area (TPSA) is 0 Å². The zero-order valence-corrected chi connectivity index (χ0v) is 11.5. The molecule has 0 heterocycles. The predicted molar refractivity (Wildman–Crippen MR) is 57.4 cm³/mol. The average molecular weight is 268 g/mol. The summed E-state index contributed by atoms with van der Waals surface area (Å²) in [7, 11) is 0. The molecule has 1 aliphatic rings. The second-order valence-corrected chi connectivity index (χ2v) is 3.62. The maximum Gasteiger partial charge on any atom is 3.00 e. The Bertz CT molecular complexity index is 219. The van der Waals surface area contributed by atoms with Crippen LogP contribution in [0.25, 0.3) is 0 Å². The van der Waals surface area contributed by atoms with E-state index in [2.05, 4.69) is 40.7 Å². The molecule has 0 amide bonds. The monoisotopic (exact) mass is 268 g/mol. The molecule has 1 aliphatic carbocycles. The quantitative estimate of drug-likeness (QED) is 0.460. The van der Waals surface area contributed by atoms with E-state index >= 15 is 0 Å². The zero-order chi connectivity index (χ0) is 7.94. The minimum atomic E-state index is 0. The van der Waals surface area contributed by atoms with E-state index in [4.69, 9.17) is 0 Å². The van der Waals surface area contributed by atoms with Crippen molar-refractivity contribution < 1.29 is 19.5 Å². The summed E-state index contributed by atoms with van der Waals surface area (Å²) in [6.07, 6.45) is 3.44. The SMILES string of the molecule is CC1=[C-]C(C)(C)C(C)=C1C.[CH3-].[CH3-].[Rh+3]. The van der Waals surface area contributed by atoms with Gasteiger partial charge in [0.1, 0.15) is 0 Å². The largest absolute Gasteiger partial charge is 3.00 e. The summed E-state index contributed by atoms with van der Waals surface area (Å²) in [5.41, 5.74) is 4.39. The second-order valence-electron chi connectivity index (χ2n) is 3.62. The Morgan fingerprint density at radius 2 is 1.38 bits per heavy atom. The van der Waals surface area contributed by atoms with Crippen LogP contribution in [-0.2, 0) is 19.5 Å². The summed E-state index contributed by atoms with van der Waals surface area (Å²) in [5.74, 6) is 0. The molecule has 0 aliphatic heterocycles. The van der Waals surface area contributed by atoms with Gasteiger partial charge in [-0.2, -0.15) is 11.1 Å². The van der Waals surface area contributed by atoms with Crippen molar-refractivity contribution in [2.24, 2.45) is 5.41 Å². The molecule has 0 saturated carbocycles. The third-order valence-electron chi connectivity index (χ3n) is 2.56. The molecular formula is C12H21Rh. The number of hydrogen-bond donors (Lipinski definition) is 0. The van der Waals surface area contributed by atoms with Gasteiger partial charge in [0, 0.05) is 0 Å². The van der Waals surface area contributed by atoms with Gasteiger partial charge in [0.2, 0.25) is 0 Å². The van der Waals surface area contributed by atoms with E-state index < -0.39 is 0 Å². The van der Waals surface area contributed by atoms with Crippen molar-refractivity contribution in [1.82, 2.24) is 0 Å². The van der Waals surface area contributed by atoms with Gasteiger partial charge in [0.15, 0.2) is 0 Å². The van der Waals surface area contributed by atoms with Crippen LogP contribution < -0.4 is 0 Å². The second kappa shape index (κ2) is 5.75. The first-order valence-corrected chi connectivity index (χ1v) is 3.75. The van der Waals surface area contributed by atoms with Crippen LogP contribution in [0.5, 0.6) is 0 Å². The molecule has 0 atom stereocenters. The van der Waals surface area contributed by atoms with Crippen LogP contribution in [0.2, 0.25) is 0 Å². The molecule has 0 radical (unpaired) electrons. The molecule has 0 bridgehead atoms. The van der Waals surface area contributed by atoms with E-state index in [0.29, 0.717) is 0 Å². The summed E-state index contributed by atoms with van der Waals surface area (Å²) >= 11 is 0. The van der Waals surface area contributed by atoms with Crippen molar-refractivity contribution in [3.8, 4) is 0 Å². The minimum absolute atomic E-state index is 0. The summed E-state index contributed by atoms with van der Waals surface area (Å²) in [5, 5.41) is 0. The van der Waals surface area contributed by atoms with Crippen LogP contribution in [0.1, 0.15) is 34.6 Å². The predicted octanol–water partition coefficient (Wildman–Crippen LogP) is 4.01. The fourth-order valence-corrected chi connectivity index (χ4v) is 1.41. The van der Waals surface area contributed by atoms with Gasteiger partial charge < -0.3 is 14.9 Å². The summed E-state index contributed by atoms with van der Waals surface area (Å²) in [6.45, 7) is 10.9. The first kappa shape index (κ1) is 18.8. The Labute approximate surface area is 97.3 Å². The van der Waals surface area contributed by atoms with Crippen molar-refractivity contribution in [1.29, 1.82) is 0 Å². The fraction of sp³-hybridized carbons (Fsp3) is 0.500. The Morgan fingerprint density at radius 3 is 1.46 bits per heavy atom. The van der Waals surface area contributed by atoms with Gasteiger partial charge in [-0.25, -0.2) is 5.57 Å². The van der Waals surface area contributed by atoms with Gasteiger partial charge in [-0.15, -0.1) is 6.92 Å². The van der Waals surface area contributed by atoms with Crippen LogP contribution >= 0.6 is 0 Å². The maximum absolute atomic E-state index is 3.44. The summed E-state index contributed by atoms with van der Waals surface area (Å²) < 4.78 is 0. The first-order chi connectivity index (χ1) is 4.45. The van der Waals surface area contributed by atoms with Crippen LogP contribution in [-0.4, -0.2) is 0 Å². The van der Waals surface area contributed by atoms with E-state index in [0.717, 1.165) is 0 Å². The van der Waals surface area contributed by atoms with Crippen LogP contribution in [0, 0.1) is 26.3 Å². The third-order valence-corrected chi connectivity index (χ3v) is 2.56. The average Bonchev–Trinajstić information content (AvgIpc) is 1.95. The molecule has 13 heavy (non-hydrogen) atoms. The van der Waals surface area contributed by atoms with E-state index in [9.17, 15) is 0 Å². The molecule has 0 saturated heterocycles. The van der Waals surface area contributed by atoms with Crippen LogP contribution in [0.3, 0.4) is 0 Å². The van der Waals surface area contributed by atoms with Gasteiger partial charge in [0.05, 0.1) is 0 Å². The van der Waals surface area contributed by atoms with Crippen molar-refractivity contribution in [3.63, 3.8) is 0 Å². The molecule has 0 N–H and O–H groups in total. The van der Waals surface area contributed by atoms with E-state index in [-0.39, 0.29) is 39.7 Å². The molecule has 1 rings (SSSR count). The van der Waals surface area contributed by atoms with E-state index in [1.165, 1.54) is 16.7 Å². The van der Waals surface area contributed by atoms with E-state index in [1.54, 1.807) is 0 Å². The van der Waals surface area contributed by atoms with Gasteiger partial charge in [-0.1, -0.05) is 33.1 Å². The number of hydrogen-bond acceptors (Lipinski definition) is 0. The molecule has 78 valence electrons. The molecule has 0 aromatic carbocycles. The smallest absolute Gasteiger partial charge is 0.358 e. The van der Waals surface area contributed by atoms with Gasteiger partial charge in [0.25, 0.3) is 0 Å². The molecule has 0 spiro atoms. The van der Waals surface area contributed by atoms with E-state index in [1.807, 2.05) is 0 Å². The molecule has 1 heteroatoms. The number of rotatable bonds is 0. The van der Waals surface area contributed by atoms with Gasteiger partial charge in [-0.3, -0.25) is 6.08 Å².